The second-order valence-corrected chi connectivity index (χ2v) is 4.49. The van der Waals surface area contributed by atoms with E-state index in [1.54, 1.807) is 0 Å². The lowest BCUT2D eigenvalue weighted by Gasteiger charge is -2.18. The number of rotatable bonds is 5. The van der Waals surface area contributed by atoms with Crippen LogP contribution in [0, 0.1) is 6.92 Å². The van der Waals surface area contributed by atoms with E-state index in [0.717, 1.165) is 17.4 Å². The zero-order chi connectivity index (χ0) is 10.6. The molecule has 0 aliphatic carbocycles. The summed E-state index contributed by atoms with van der Waals surface area (Å²) >= 11 is 1.52. The van der Waals surface area contributed by atoms with Crippen LogP contribution in [0.3, 0.4) is 0 Å². The predicted molar refractivity (Wildman–Crippen MR) is 60.8 cm³/mol. The summed E-state index contributed by atoms with van der Waals surface area (Å²) in [6, 6.07) is 0.474. The number of hydrogen-bond donors (Lipinski definition) is 1. The lowest BCUT2D eigenvalue weighted by molar-refractivity contribution is 0.480. The van der Waals surface area contributed by atoms with Crippen molar-refractivity contribution in [1.82, 2.24) is 14.7 Å². The Labute approximate surface area is 90.1 Å². The summed E-state index contributed by atoms with van der Waals surface area (Å²) in [5.74, 6) is 1.34. The molecule has 1 aromatic heterocycles. The van der Waals surface area contributed by atoms with Gasteiger partial charge in [0.25, 0.3) is 0 Å². The van der Waals surface area contributed by atoms with Crippen molar-refractivity contribution in [2.24, 2.45) is 0 Å². The molecule has 0 radical (unpaired) electrons. The SMILES string of the molecule is CCCNC(C)C(C)c1nc(C)ns1. The van der Waals surface area contributed by atoms with E-state index >= 15 is 0 Å². The van der Waals surface area contributed by atoms with Crippen molar-refractivity contribution in [3.63, 3.8) is 0 Å². The van der Waals surface area contributed by atoms with Crippen LogP contribution in [0.1, 0.15) is 43.9 Å². The van der Waals surface area contributed by atoms with Crippen molar-refractivity contribution in [1.29, 1.82) is 0 Å². The molecule has 1 heterocycles. The maximum Gasteiger partial charge on any atom is 0.139 e. The lowest BCUT2D eigenvalue weighted by atomic mass is 10.0. The van der Waals surface area contributed by atoms with Crippen LogP contribution in [0.2, 0.25) is 0 Å². The maximum atomic E-state index is 4.41. The molecule has 2 atom stereocenters. The highest BCUT2D eigenvalue weighted by molar-refractivity contribution is 7.05. The van der Waals surface area contributed by atoms with Crippen molar-refractivity contribution in [3.8, 4) is 0 Å². The Balaban J connectivity index is 2.51. The highest BCUT2D eigenvalue weighted by atomic mass is 32.1. The van der Waals surface area contributed by atoms with Gasteiger partial charge < -0.3 is 5.32 Å². The third kappa shape index (κ3) is 3.03. The number of hydrogen-bond acceptors (Lipinski definition) is 4. The molecular weight excluding hydrogens is 194 g/mol. The molecule has 1 N–H and O–H groups in total. The normalized spacial score (nSPS) is 15.4. The first-order valence-electron chi connectivity index (χ1n) is 5.18. The van der Waals surface area contributed by atoms with Crippen LogP contribution in [0.4, 0.5) is 0 Å². The Morgan fingerprint density at radius 2 is 2.14 bits per heavy atom. The van der Waals surface area contributed by atoms with Crippen LogP contribution < -0.4 is 5.32 Å². The summed E-state index contributed by atoms with van der Waals surface area (Å²) in [6.07, 6.45) is 1.17. The second-order valence-electron chi connectivity index (χ2n) is 3.71. The fourth-order valence-electron chi connectivity index (χ4n) is 1.26. The Morgan fingerprint density at radius 3 is 2.64 bits per heavy atom. The molecule has 0 amide bonds. The van der Waals surface area contributed by atoms with Gasteiger partial charge >= 0.3 is 0 Å². The Bertz CT molecular complexity index is 272. The zero-order valence-electron chi connectivity index (χ0n) is 9.37. The molecule has 0 bridgehead atoms. The van der Waals surface area contributed by atoms with E-state index in [-0.39, 0.29) is 0 Å². The molecule has 1 rings (SSSR count). The van der Waals surface area contributed by atoms with Crippen LogP contribution in [0.15, 0.2) is 0 Å². The minimum atomic E-state index is 0.452. The molecular formula is C10H19N3S. The second kappa shape index (κ2) is 5.41. The maximum absolute atomic E-state index is 4.41. The van der Waals surface area contributed by atoms with Crippen molar-refractivity contribution >= 4 is 11.5 Å². The molecule has 1 aromatic rings. The molecule has 14 heavy (non-hydrogen) atoms. The Morgan fingerprint density at radius 1 is 1.43 bits per heavy atom. The van der Waals surface area contributed by atoms with E-state index in [4.69, 9.17) is 0 Å². The summed E-state index contributed by atoms with van der Waals surface area (Å²) in [6.45, 7) is 9.60. The van der Waals surface area contributed by atoms with Gasteiger partial charge in [0.05, 0.1) is 0 Å². The van der Waals surface area contributed by atoms with Gasteiger partial charge in [0.2, 0.25) is 0 Å². The summed E-state index contributed by atoms with van der Waals surface area (Å²) in [5.41, 5.74) is 0. The van der Waals surface area contributed by atoms with Gasteiger partial charge in [-0.25, -0.2) is 4.98 Å². The van der Waals surface area contributed by atoms with Crippen LogP contribution in [0.5, 0.6) is 0 Å². The molecule has 0 fully saturated rings. The predicted octanol–water partition coefficient (Wildman–Crippen LogP) is 2.34. The molecule has 0 aliphatic rings. The summed E-state index contributed by atoms with van der Waals surface area (Å²) in [7, 11) is 0. The van der Waals surface area contributed by atoms with Gasteiger partial charge in [-0.05, 0) is 38.3 Å². The number of nitrogens with one attached hydrogen (secondary N) is 1. The molecule has 0 spiro atoms. The largest absolute Gasteiger partial charge is 0.314 e. The molecule has 2 unspecified atom stereocenters. The van der Waals surface area contributed by atoms with Crippen LogP contribution in [-0.2, 0) is 0 Å². The third-order valence-electron chi connectivity index (χ3n) is 2.40. The number of aromatic nitrogens is 2. The van der Waals surface area contributed by atoms with Crippen LogP contribution in [-0.4, -0.2) is 21.9 Å². The van der Waals surface area contributed by atoms with E-state index in [0.29, 0.717) is 12.0 Å². The zero-order valence-corrected chi connectivity index (χ0v) is 10.2. The summed E-state index contributed by atoms with van der Waals surface area (Å²) < 4.78 is 4.20. The minimum absolute atomic E-state index is 0.452. The monoisotopic (exact) mass is 213 g/mol. The van der Waals surface area contributed by atoms with Gasteiger partial charge in [0.1, 0.15) is 10.8 Å². The molecule has 4 heteroatoms. The quantitative estimate of drug-likeness (QED) is 0.816. The fraction of sp³-hybridized carbons (Fsp3) is 0.800. The standard InChI is InChI=1S/C10H19N3S/c1-5-6-11-8(3)7(2)10-12-9(4)13-14-10/h7-8,11H,5-6H2,1-4H3. The molecule has 0 saturated carbocycles. The third-order valence-corrected chi connectivity index (χ3v) is 3.40. The molecule has 0 aromatic carbocycles. The fourth-order valence-corrected chi connectivity index (χ4v) is 2.07. The van der Waals surface area contributed by atoms with Gasteiger partial charge in [-0.2, -0.15) is 4.37 Å². The first-order valence-corrected chi connectivity index (χ1v) is 5.96. The molecule has 80 valence electrons. The van der Waals surface area contributed by atoms with Crippen molar-refractivity contribution in [2.45, 2.75) is 46.1 Å². The average molecular weight is 213 g/mol. The smallest absolute Gasteiger partial charge is 0.139 e. The van der Waals surface area contributed by atoms with Crippen molar-refractivity contribution in [2.75, 3.05) is 6.54 Å². The molecule has 3 nitrogen and oxygen atoms in total. The van der Waals surface area contributed by atoms with E-state index in [2.05, 4.69) is 35.4 Å². The van der Waals surface area contributed by atoms with E-state index < -0.39 is 0 Å². The highest BCUT2D eigenvalue weighted by Crippen LogP contribution is 2.20. The van der Waals surface area contributed by atoms with Gasteiger partial charge in [-0.3, -0.25) is 0 Å². The van der Waals surface area contributed by atoms with Gasteiger partial charge in [0.15, 0.2) is 0 Å². The molecule has 0 saturated heterocycles. The topological polar surface area (TPSA) is 37.8 Å². The van der Waals surface area contributed by atoms with E-state index in [1.807, 2.05) is 6.92 Å². The first-order chi connectivity index (χ1) is 6.65. The highest BCUT2D eigenvalue weighted by Gasteiger charge is 2.16. The van der Waals surface area contributed by atoms with Crippen LogP contribution in [0.25, 0.3) is 0 Å². The number of nitrogens with zero attached hydrogens (tertiary/aromatic N) is 2. The van der Waals surface area contributed by atoms with E-state index in [9.17, 15) is 0 Å². The van der Waals surface area contributed by atoms with E-state index in [1.165, 1.54) is 18.0 Å². The average Bonchev–Trinajstić information content (AvgIpc) is 2.60. The van der Waals surface area contributed by atoms with Gasteiger partial charge in [-0.1, -0.05) is 13.8 Å². The van der Waals surface area contributed by atoms with Crippen molar-refractivity contribution < 1.29 is 0 Å². The van der Waals surface area contributed by atoms with Crippen molar-refractivity contribution in [3.05, 3.63) is 10.8 Å². The Kier molecular flexibility index (Phi) is 4.48. The minimum Gasteiger partial charge on any atom is -0.314 e. The molecule has 0 aliphatic heterocycles. The van der Waals surface area contributed by atoms with Crippen LogP contribution >= 0.6 is 11.5 Å². The lowest BCUT2D eigenvalue weighted by Crippen LogP contribution is -2.31. The first kappa shape index (κ1) is 11.6. The summed E-state index contributed by atoms with van der Waals surface area (Å²) in [4.78, 5) is 4.41. The Hall–Kier alpha value is -0.480. The van der Waals surface area contributed by atoms with Gasteiger partial charge in [0, 0.05) is 12.0 Å². The van der Waals surface area contributed by atoms with Gasteiger partial charge in [-0.15, -0.1) is 0 Å². The summed E-state index contributed by atoms with van der Waals surface area (Å²) in [5, 5.41) is 4.62. The number of aryl methyl sites for hydroxylation is 1.